The van der Waals surface area contributed by atoms with Gasteiger partial charge in [0.25, 0.3) is 0 Å². The number of rotatable bonds is 4. The Bertz CT molecular complexity index is 1560. The molecule has 264 valence electrons. The summed E-state index contributed by atoms with van der Waals surface area (Å²) in [5.41, 5.74) is -1.47. The maximum atomic E-state index is 13.5. The van der Waals surface area contributed by atoms with Gasteiger partial charge in [-0.25, -0.2) is 9.59 Å². The second kappa shape index (κ2) is 11.9. The first kappa shape index (κ1) is 33.4. The minimum atomic E-state index is -1.52. The Hall–Kier alpha value is -2.78. The van der Waals surface area contributed by atoms with Crippen molar-refractivity contribution < 1.29 is 38.7 Å². The predicted octanol–water partition coefficient (Wildman–Crippen LogP) is 6.58. The highest BCUT2D eigenvalue weighted by Gasteiger charge is 2.73. The molecule has 0 unspecified atom stereocenters. The number of carbonyl (C=O) groups is 2. The SMILES string of the molecule is C[C@@H]1CC[C@@]2(OC1)O[C@@H]1C[C@@H]3[C@@H]4C[C@H](O)[C@@]5(O)C[C@H](OC(=O)c6ccccc6)[C@H](OC(=O)c6ccccc6)C[C@]5(C)[C@H]4CC[C@]3(C)[C@H]1[C@@H]2C. The lowest BCUT2D eigenvalue weighted by atomic mass is 9.42. The van der Waals surface area contributed by atoms with E-state index in [1.54, 1.807) is 48.5 Å². The molecular weight excluding hydrogens is 620 g/mol. The molecule has 8 rings (SSSR count). The van der Waals surface area contributed by atoms with Crippen LogP contribution in [0.25, 0.3) is 0 Å². The molecule has 2 aromatic carbocycles. The summed E-state index contributed by atoms with van der Waals surface area (Å²) in [6.07, 6.45) is 3.05. The summed E-state index contributed by atoms with van der Waals surface area (Å²) in [4.78, 5) is 26.8. The molecule has 6 aliphatic rings. The second-order valence-corrected chi connectivity index (χ2v) is 17.0. The highest BCUT2D eigenvalue weighted by molar-refractivity contribution is 5.90. The average Bonchev–Trinajstić information content (AvgIpc) is 3.54. The van der Waals surface area contributed by atoms with E-state index >= 15 is 0 Å². The standard InChI is InChI=1S/C41H52O8/c1-24-15-18-41(46-23-24)25(2)35-31(49-41)20-30-28-19-34(42)40(45)22-33(48-37(44)27-13-9-6-10-14-27)32(47-36(43)26-11-7-5-8-12-26)21-39(40,4)29(28)16-17-38(30,35)3/h5-14,24-25,28-35,42,45H,15-23H2,1-4H3/t24-,25+,28-,29+,30-,31-,32-,33+,34+,35+,38+,39-,40+,41-/m1/s1. The van der Waals surface area contributed by atoms with Crippen LogP contribution < -0.4 is 0 Å². The third kappa shape index (κ3) is 5.06. The van der Waals surface area contributed by atoms with E-state index in [9.17, 15) is 19.8 Å². The van der Waals surface area contributed by atoms with Crippen molar-refractivity contribution in [3.8, 4) is 0 Å². The Morgan fingerprint density at radius 2 is 1.43 bits per heavy atom. The van der Waals surface area contributed by atoms with Crippen molar-refractivity contribution in [2.24, 2.45) is 46.3 Å². The van der Waals surface area contributed by atoms with E-state index in [2.05, 4.69) is 27.7 Å². The van der Waals surface area contributed by atoms with Crippen LogP contribution in [0.1, 0.15) is 99.8 Å². The predicted molar refractivity (Wildman–Crippen MR) is 181 cm³/mol. The maximum absolute atomic E-state index is 13.5. The minimum absolute atomic E-state index is 0.00912. The molecule has 0 aromatic heterocycles. The molecule has 0 amide bonds. The van der Waals surface area contributed by atoms with Crippen molar-refractivity contribution in [1.29, 1.82) is 0 Å². The van der Waals surface area contributed by atoms with Gasteiger partial charge in [-0.2, -0.15) is 0 Å². The molecule has 2 aliphatic heterocycles. The molecule has 8 nitrogen and oxygen atoms in total. The summed E-state index contributed by atoms with van der Waals surface area (Å²) >= 11 is 0. The van der Waals surface area contributed by atoms with E-state index in [1.165, 1.54) is 0 Å². The van der Waals surface area contributed by atoms with Gasteiger partial charge in [-0.15, -0.1) is 0 Å². The van der Waals surface area contributed by atoms with Crippen molar-refractivity contribution >= 4 is 11.9 Å². The first-order valence-electron chi connectivity index (χ1n) is 18.6. The Balaban J connectivity index is 1.08. The maximum Gasteiger partial charge on any atom is 0.338 e. The number of aliphatic hydroxyl groups excluding tert-OH is 1. The fraction of sp³-hybridized carbons (Fsp3) is 0.659. The molecule has 6 fully saturated rings. The van der Waals surface area contributed by atoms with E-state index < -0.39 is 47.1 Å². The summed E-state index contributed by atoms with van der Waals surface area (Å²) in [6, 6.07) is 17.5. The van der Waals surface area contributed by atoms with Gasteiger partial charge in [0.05, 0.1) is 35.5 Å². The van der Waals surface area contributed by atoms with Crippen LogP contribution in [0.5, 0.6) is 0 Å². The molecule has 49 heavy (non-hydrogen) atoms. The molecule has 2 N–H and O–H groups in total. The van der Waals surface area contributed by atoms with E-state index in [4.69, 9.17) is 18.9 Å². The Morgan fingerprint density at radius 3 is 2.02 bits per heavy atom. The summed E-state index contributed by atoms with van der Waals surface area (Å²) in [5.74, 6) is 0.296. The first-order valence-corrected chi connectivity index (χ1v) is 18.6. The van der Waals surface area contributed by atoms with Crippen LogP contribution in [-0.4, -0.2) is 64.6 Å². The number of hydrogen-bond acceptors (Lipinski definition) is 8. The molecule has 2 aromatic rings. The number of esters is 2. The van der Waals surface area contributed by atoms with Crippen LogP contribution in [0, 0.1) is 46.3 Å². The van der Waals surface area contributed by atoms with Crippen molar-refractivity contribution in [1.82, 2.24) is 0 Å². The Labute approximate surface area is 289 Å². The molecule has 4 saturated carbocycles. The van der Waals surface area contributed by atoms with Crippen molar-refractivity contribution in [3.63, 3.8) is 0 Å². The molecule has 1 spiro atoms. The summed E-state index contributed by atoms with van der Waals surface area (Å²) in [5, 5.41) is 24.7. The fourth-order valence-electron chi connectivity index (χ4n) is 12.1. The fourth-order valence-corrected chi connectivity index (χ4v) is 12.1. The molecule has 2 saturated heterocycles. The lowest BCUT2D eigenvalue weighted by Gasteiger charge is -2.66. The van der Waals surface area contributed by atoms with Crippen molar-refractivity contribution in [2.45, 2.75) is 115 Å². The molecular formula is C41H52O8. The molecule has 14 atom stereocenters. The molecule has 2 heterocycles. The van der Waals surface area contributed by atoms with Gasteiger partial charge in [-0.05, 0) is 97.8 Å². The number of hydrogen-bond donors (Lipinski definition) is 2. The van der Waals surface area contributed by atoms with E-state index in [0.717, 1.165) is 38.7 Å². The summed E-state index contributed by atoms with van der Waals surface area (Å²) < 4.78 is 25.7. The van der Waals surface area contributed by atoms with Gasteiger partial charge < -0.3 is 29.2 Å². The smallest absolute Gasteiger partial charge is 0.338 e. The monoisotopic (exact) mass is 672 g/mol. The topological polar surface area (TPSA) is 112 Å². The van der Waals surface area contributed by atoms with Crippen molar-refractivity contribution in [3.05, 3.63) is 71.8 Å². The van der Waals surface area contributed by atoms with Crippen LogP contribution in [0.15, 0.2) is 60.7 Å². The number of aliphatic hydroxyl groups is 2. The van der Waals surface area contributed by atoms with Gasteiger partial charge in [0.1, 0.15) is 12.2 Å². The van der Waals surface area contributed by atoms with E-state index in [-0.39, 0.29) is 42.1 Å². The third-order valence-corrected chi connectivity index (χ3v) is 14.6. The van der Waals surface area contributed by atoms with Crippen LogP contribution >= 0.6 is 0 Å². The lowest BCUT2D eigenvalue weighted by molar-refractivity contribution is -0.286. The van der Waals surface area contributed by atoms with Gasteiger partial charge in [-0.3, -0.25) is 0 Å². The second-order valence-electron chi connectivity index (χ2n) is 17.0. The zero-order chi connectivity index (χ0) is 34.3. The van der Waals surface area contributed by atoms with E-state index in [1.807, 2.05) is 12.1 Å². The van der Waals surface area contributed by atoms with Gasteiger partial charge in [0, 0.05) is 24.2 Å². The summed E-state index contributed by atoms with van der Waals surface area (Å²) in [7, 11) is 0. The van der Waals surface area contributed by atoms with Crippen LogP contribution in [0.2, 0.25) is 0 Å². The van der Waals surface area contributed by atoms with Crippen LogP contribution in [-0.2, 0) is 18.9 Å². The van der Waals surface area contributed by atoms with Crippen LogP contribution in [0.3, 0.4) is 0 Å². The lowest BCUT2D eigenvalue weighted by Crippen LogP contribution is -2.71. The normalized spacial score (nSPS) is 47.0. The van der Waals surface area contributed by atoms with Crippen molar-refractivity contribution in [2.75, 3.05) is 6.61 Å². The van der Waals surface area contributed by atoms with Crippen LogP contribution in [0.4, 0.5) is 0 Å². The molecule has 8 heteroatoms. The minimum Gasteiger partial charge on any atom is -0.455 e. The van der Waals surface area contributed by atoms with Gasteiger partial charge in [0.15, 0.2) is 5.79 Å². The molecule has 0 radical (unpaired) electrons. The number of benzene rings is 2. The van der Waals surface area contributed by atoms with E-state index in [0.29, 0.717) is 35.3 Å². The zero-order valence-corrected chi connectivity index (χ0v) is 29.3. The number of fused-ring (bicyclic) bond motifs is 7. The zero-order valence-electron chi connectivity index (χ0n) is 29.3. The molecule has 4 aliphatic carbocycles. The highest BCUT2D eigenvalue weighted by Crippen LogP contribution is 2.72. The van der Waals surface area contributed by atoms with Gasteiger partial charge >= 0.3 is 11.9 Å². The average molecular weight is 673 g/mol. The van der Waals surface area contributed by atoms with Gasteiger partial charge in [0.2, 0.25) is 0 Å². The number of ether oxygens (including phenoxy) is 4. The summed E-state index contributed by atoms with van der Waals surface area (Å²) in [6.45, 7) is 9.85. The quantitative estimate of drug-likeness (QED) is 0.351. The van der Waals surface area contributed by atoms with Gasteiger partial charge in [-0.1, -0.05) is 64.1 Å². The number of carbonyl (C=O) groups excluding carboxylic acids is 2. The third-order valence-electron chi connectivity index (χ3n) is 14.6. The molecule has 0 bridgehead atoms. The Kier molecular flexibility index (Phi) is 8.10. The largest absolute Gasteiger partial charge is 0.455 e. The highest BCUT2D eigenvalue weighted by atomic mass is 16.7. The first-order chi connectivity index (χ1) is 23.4. The Morgan fingerprint density at radius 1 is 0.816 bits per heavy atom.